The van der Waals surface area contributed by atoms with Crippen LogP contribution in [0.3, 0.4) is 0 Å². The Morgan fingerprint density at radius 2 is 1.95 bits per heavy atom. The molecule has 0 N–H and O–H groups in total. The molecule has 3 rings (SSSR count). The van der Waals surface area contributed by atoms with Gasteiger partial charge in [0.05, 0.1) is 0 Å². The summed E-state index contributed by atoms with van der Waals surface area (Å²) in [5.41, 5.74) is 2.69. The van der Waals surface area contributed by atoms with E-state index in [0.717, 1.165) is 27.6 Å². The van der Waals surface area contributed by atoms with Gasteiger partial charge in [-0.15, -0.1) is 0 Å². The molecule has 0 saturated carbocycles. The van der Waals surface area contributed by atoms with Crippen molar-refractivity contribution in [2.45, 2.75) is 13.5 Å². The molecular weight excluding hydrogens is 286 g/mol. The van der Waals surface area contributed by atoms with Crippen LogP contribution >= 0.6 is 11.6 Å². The lowest BCUT2D eigenvalue weighted by Crippen LogP contribution is -1.96. The first kappa shape index (κ1) is 13.7. The predicted molar refractivity (Wildman–Crippen MR) is 82.5 cm³/mol. The summed E-state index contributed by atoms with van der Waals surface area (Å²) in [5, 5.41) is 0.732. The van der Waals surface area contributed by atoms with Crippen molar-refractivity contribution in [3.8, 4) is 17.2 Å². The molecule has 0 spiro atoms. The number of ether oxygens (including phenoxy) is 1. The van der Waals surface area contributed by atoms with Gasteiger partial charge in [-0.25, -0.2) is 4.98 Å². The summed E-state index contributed by atoms with van der Waals surface area (Å²) in [6.45, 7) is 2.30. The molecule has 21 heavy (non-hydrogen) atoms. The fourth-order valence-corrected chi connectivity index (χ4v) is 2.07. The van der Waals surface area contributed by atoms with Crippen molar-refractivity contribution in [2.75, 3.05) is 0 Å². The maximum Gasteiger partial charge on any atom is 0.226 e. The summed E-state index contributed by atoms with van der Waals surface area (Å²) in [4.78, 5) is 4.42. The van der Waals surface area contributed by atoms with Crippen LogP contribution in [0.5, 0.6) is 5.75 Å². The molecule has 0 amide bonds. The summed E-state index contributed by atoms with van der Waals surface area (Å²) in [6.07, 6.45) is 1.62. The smallest absolute Gasteiger partial charge is 0.226 e. The van der Waals surface area contributed by atoms with Gasteiger partial charge in [-0.2, -0.15) is 0 Å². The third-order valence-electron chi connectivity index (χ3n) is 3.09. The molecule has 1 heterocycles. The van der Waals surface area contributed by atoms with Gasteiger partial charge in [-0.3, -0.25) is 0 Å². The van der Waals surface area contributed by atoms with E-state index >= 15 is 0 Å². The van der Waals surface area contributed by atoms with Crippen LogP contribution in [0, 0.1) is 6.92 Å². The molecular formula is C17H14ClNO2. The van der Waals surface area contributed by atoms with E-state index in [1.165, 1.54) is 0 Å². The van der Waals surface area contributed by atoms with Crippen molar-refractivity contribution in [1.29, 1.82) is 0 Å². The van der Waals surface area contributed by atoms with Crippen LogP contribution in [-0.4, -0.2) is 4.98 Å². The SMILES string of the molecule is Cc1cc(OCc2coc(-c3ccccc3)n2)ccc1Cl. The van der Waals surface area contributed by atoms with E-state index in [2.05, 4.69) is 4.98 Å². The Morgan fingerprint density at radius 3 is 2.71 bits per heavy atom. The first-order valence-electron chi connectivity index (χ1n) is 6.61. The van der Waals surface area contributed by atoms with Crippen LogP contribution in [-0.2, 0) is 6.61 Å². The van der Waals surface area contributed by atoms with Gasteiger partial charge in [-0.1, -0.05) is 29.8 Å². The molecule has 0 unspecified atom stereocenters. The Balaban J connectivity index is 1.69. The minimum atomic E-state index is 0.359. The van der Waals surface area contributed by atoms with Crippen molar-refractivity contribution in [3.05, 3.63) is 71.1 Å². The maximum absolute atomic E-state index is 5.99. The molecule has 0 aliphatic rings. The van der Waals surface area contributed by atoms with Crippen LogP contribution < -0.4 is 4.74 Å². The van der Waals surface area contributed by atoms with E-state index in [1.807, 2.05) is 55.5 Å². The summed E-state index contributed by atoms with van der Waals surface area (Å²) < 4.78 is 11.2. The van der Waals surface area contributed by atoms with Crippen LogP contribution in [0.25, 0.3) is 11.5 Å². The monoisotopic (exact) mass is 299 g/mol. The molecule has 106 valence electrons. The molecule has 0 bridgehead atoms. The average molecular weight is 300 g/mol. The fourth-order valence-electron chi connectivity index (χ4n) is 1.95. The van der Waals surface area contributed by atoms with Crippen LogP contribution in [0.2, 0.25) is 5.02 Å². The minimum Gasteiger partial charge on any atom is -0.487 e. The van der Waals surface area contributed by atoms with Crippen molar-refractivity contribution in [1.82, 2.24) is 4.98 Å². The molecule has 0 aliphatic heterocycles. The summed E-state index contributed by atoms with van der Waals surface area (Å²) in [7, 11) is 0. The number of aryl methyl sites for hydroxylation is 1. The minimum absolute atomic E-state index is 0.359. The topological polar surface area (TPSA) is 35.3 Å². The highest BCUT2D eigenvalue weighted by atomic mass is 35.5. The molecule has 4 heteroatoms. The Labute approximate surface area is 128 Å². The number of rotatable bonds is 4. The van der Waals surface area contributed by atoms with Crippen molar-refractivity contribution in [3.63, 3.8) is 0 Å². The van der Waals surface area contributed by atoms with E-state index in [9.17, 15) is 0 Å². The zero-order valence-electron chi connectivity index (χ0n) is 11.5. The lowest BCUT2D eigenvalue weighted by molar-refractivity contribution is 0.301. The van der Waals surface area contributed by atoms with Crippen molar-refractivity contribution < 1.29 is 9.15 Å². The second kappa shape index (κ2) is 6.02. The highest BCUT2D eigenvalue weighted by Crippen LogP contribution is 2.22. The van der Waals surface area contributed by atoms with E-state index in [-0.39, 0.29) is 0 Å². The summed E-state index contributed by atoms with van der Waals surface area (Å²) >= 11 is 5.99. The molecule has 3 aromatic rings. The van der Waals surface area contributed by atoms with E-state index in [1.54, 1.807) is 6.26 Å². The number of aromatic nitrogens is 1. The molecule has 0 aliphatic carbocycles. The Morgan fingerprint density at radius 1 is 1.14 bits per heavy atom. The van der Waals surface area contributed by atoms with Gasteiger partial charge in [0, 0.05) is 10.6 Å². The zero-order chi connectivity index (χ0) is 14.7. The number of hydrogen-bond acceptors (Lipinski definition) is 3. The Kier molecular flexibility index (Phi) is 3.93. The molecule has 0 atom stereocenters. The van der Waals surface area contributed by atoms with E-state index in [0.29, 0.717) is 12.5 Å². The molecule has 0 radical (unpaired) electrons. The standard InChI is InChI=1S/C17H14ClNO2/c1-12-9-15(7-8-16(12)18)20-10-14-11-21-17(19-14)13-5-3-2-4-6-13/h2-9,11H,10H2,1H3. The van der Waals surface area contributed by atoms with E-state index < -0.39 is 0 Å². The highest BCUT2D eigenvalue weighted by Gasteiger charge is 2.07. The third kappa shape index (κ3) is 3.26. The number of benzene rings is 2. The normalized spacial score (nSPS) is 10.6. The van der Waals surface area contributed by atoms with Crippen LogP contribution in [0.15, 0.2) is 59.2 Å². The second-order valence-electron chi connectivity index (χ2n) is 4.71. The van der Waals surface area contributed by atoms with Crippen LogP contribution in [0.4, 0.5) is 0 Å². The lowest BCUT2D eigenvalue weighted by atomic mass is 10.2. The predicted octanol–water partition coefficient (Wildman–Crippen LogP) is 4.88. The maximum atomic E-state index is 5.99. The van der Waals surface area contributed by atoms with Gasteiger partial charge in [0.25, 0.3) is 0 Å². The number of halogens is 1. The quantitative estimate of drug-likeness (QED) is 0.688. The zero-order valence-corrected chi connectivity index (χ0v) is 12.3. The highest BCUT2D eigenvalue weighted by molar-refractivity contribution is 6.31. The van der Waals surface area contributed by atoms with E-state index in [4.69, 9.17) is 20.8 Å². The average Bonchev–Trinajstić information content (AvgIpc) is 2.98. The Hall–Kier alpha value is -2.26. The molecule has 3 nitrogen and oxygen atoms in total. The molecule has 2 aromatic carbocycles. The van der Waals surface area contributed by atoms with Gasteiger partial charge >= 0.3 is 0 Å². The van der Waals surface area contributed by atoms with Gasteiger partial charge < -0.3 is 9.15 Å². The lowest BCUT2D eigenvalue weighted by Gasteiger charge is -2.05. The number of nitrogens with zero attached hydrogens (tertiary/aromatic N) is 1. The summed E-state index contributed by atoms with van der Waals surface area (Å²) in [5.74, 6) is 1.36. The van der Waals surface area contributed by atoms with Crippen molar-refractivity contribution >= 4 is 11.6 Å². The number of oxazole rings is 1. The first-order valence-corrected chi connectivity index (χ1v) is 6.99. The largest absolute Gasteiger partial charge is 0.487 e. The first-order chi connectivity index (χ1) is 10.2. The number of hydrogen-bond donors (Lipinski definition) is 0. The fraction of sp³-hybridized carbons (Fsp3) is 0.118. The van der Waals surface area contributed by atoms with Gasteiger partial charge in [0.15, 0.2) is 0 Å². The third-order valence-corrected chi connectivity index (χ3v) is 3.51. The van der Waals surface area contributed by atoms with Gasteiger partial charge in [-0.05, 0) is 42.8 Å². The van der Waals surface area contributed by atoms with Gasteiger partial charge in [0.1, 0.15) is 24.3 Å². The van der Waals surface area contributed by atoms with Gasteiger partial charge in [0.2, 0.25) is 5.89 Å². The molecule has 1 aromatic heterocycles. The van der Waals surface area contributed by atoms with Crippen molar-refractivity contribution in [2.24, 2.45) is 0 Å². The molecule has 0 fully saturated rings. The molecule has 0 saturated heterocycles. The summed E-state index contributed by atoms with van der Waals surface area (Å²) in [6, 6.07) is 15.3. The van der Waals surface area contributed by atoms with Crippen LogP contribution in [0.1, 0.15) is 11.3 Å². The Bertz CT molecular complexity index is 738. The second-order valence-corrected chi connectivity index (χ2v) is 5.12.